The molecule has 1 atom stereocenters. The van der Waals surface area contributed by atoms with Gasteiger partial charge in [-0.05, 0) is 62.7 Å². The highest BCUT2D eigenvalue weighted by Crippen LogP contribution is 2.21. The van der Waals surface area contributed by atoms with Crippen LogP contribution >= 0.6 is 35.3 Å². The fourth-order valence-electron chi connectivity index (χ4n) is 3.68. The number of hydrogen-bond acceptors (Lipinski definition) is 4. The number of likely N-dealkylation sites (tertiary alicyclic amines) is 1. The monoisotopic (exact) mass is 542 g/mol. The number of nitrogens with one attached hydrogen (secondary N) is 2. The summed E-state index contributed by atoms with van der Waals surface area (Å²) in [5.41, 5.74) is -0.0887. The lowest BCUT2D eigenvalue weighted by Gasteiger charge is -2.32. The molecule has 2 heterocycles. The van der Waals surface area contributed by atoms with E-state index in [1.165, 1.54) is 17.7 Å². The van der Waals surface area contributed by atoms with Crippen molar-refractivity contribution in [2.45, 2.75) is 38.8 Å². The van der Waals surface area contributed by atoms with Crippen LogP contribution in [0.3, 0.4) is 0 Å². The molecule has 0 spiro atoms. The summed E-state index contributed by atoms with van der Waals surface area (Å²) in [7, 11) is 0. The van der Waals surface area contributed by atoms with Crippen molar-refractivity contribution in [2.24, 2.45) is 10.9 Å². The normalized spacial score (nSPS) is 17.8. The quantitative estimate of drug-likeness (QED) is 0.268. The zero-order valence-electron chi connectivity index (χ0n) is 18.0. The molecule has 5 nitrogen and oxygen atoms in total. The van der Waals surface area contributed by atoms with Crippen LogP contribution in [-0.4, -0.2) is 48.7 Å². The van der Waals surface area contributed by atoms with Gasteiger partial charge in [-0.2, -0.15) is 0 Å². The average molecular weight is 543 g/mol. The molecular formula is C23H35IN4OS. The van der Waals surface area contributed by atoms with Crippen LogP contribution in [0, 0.1) is 5.92 Å². The largest absolute Gasteiger partial charge is 0.384 e. The molecule has 7 heteroatoms. The number of benzene rings is 1. The zero-order chi connectivity index (χ0) is 20.5. The second-order valence-electron chi connectivity index (χ2n) is 8.01. The van der Waals surface area contributed by atoms with E-state index in [9.17, 15) is 5.11 Å². The minimum atomic E-state index is -0.975. The van der Waals surface area contributed by atoms with Gasteiger partial charge in [0.05, 0.1) is 6.54 Å². The molecule has 30 heavy (non-hydrogen) atoms. The van der Waals surface area contributed by atoms with Crippen molar-refractivity contribution in [3.8, 4) is 0 Å². The Balaban J connectivity index is 0.00000320. The summed E-state index contributed by atoms with van der Waals surface area (Å²) >= 11 is 1.84. The van der Waals surface area contributed by atoms with Crippen molar-refractivity contribution < 1.29 is 5.11 Å². The lowest BCUT2D eigenvalue weighted by molar-refractivity contribution is 0.0672. The van der Waals surface area contributed by atoms with E-state index >= 15 is 0 Å². The third-order valence-electron chi connectivity index (χ3n) is 5.51. The smallest absolute Gasteiger partial charge is 0.191 e. The van der Waals surface area contributed by atoms with Crippen LogP contribution in [0.5, 0.6) is 0 Å². The Hall–Kier alpha value is -1.16. The maximum absolute atomic E-state index is 10.8. The molecule has 3 N–H and O–H groups in total. The topological polar surface area (TPSA) is 59.9 Å². The number of thiophene rings is 1. The number of aliphatic imine (C=N–C) groups is 1. The first-order chi connectivity index (χ1) is 14.1. The molecule has 0 radical (unpaired) electrons. The Morgan fingerprint density at radius 2 is 1.90 bits per heavy atom. The first-order valence-corrected chi connectivity index (χ1v) is 11.5. The van der Waals surface area contributed by atoms with Gasteiger partial charge >= 0.3 is 0 Å². The van der Waals surface area contributed by atoms with E-state index in [-0.39, 0.29) is 24.0 Å². The Kier molecular flexibility index (Phi) is 10.6. The van der Waals surface area contributed by atoms with E-state index in [0.29, 0.717) is 12.5 Å². The lowest BCUT2D eigenvalue weighted by Crippen LogP contribution is -2.43. The molecule has 2 aromatic rings. The van der Waals surface area contributed by atoms with Crippen molar-refractivity contribution in [1.29, 1.82) is 0 Å². The Morgan fingerprint density at radius 1 is 1.17 bits per heavy atom. The molecule has 1 saturated heterocycles. The fourth-order valence-corrected chi connectivity index (χ4v) is 4.42. The second-order valence-corrected chi connectivity index (χ2v) is 9.05. The maximum Gasteiger partial charge on any atom is 0.191 e. The van der Waals surface area contributed by atoms with Crippen LogP contribution in [0.25, 0.3) is 0 Å². The summed E-state index contributed by atoms with van der Waals surface area (Å²) in [6.45, 7) is 9.32. The highest BCUT2D eigenvalue weighted by atomic mass is 127. The molecule has 1 unspecified atom stereocenters. The van der Waals surface area contributed by atoms with Crippen LogP contribution in [0.1, 0.15) is 37.1 Å². The van der Waals surface area contributed by atoms with E-state index in [1.807, 2.05) is 48.6 Å². The van der Waals surface area contributed by atoms with Crippen molar-refractivity contribution in [3.63, 3.8) is 0 Å². The van der Waals surface area contributed by atoms with Crippen LogP contribution < -0.4 is 10.6 Å². The first kappa shape index (κ1) is 25.1. The van der Waals surface area contributed by atoms with Gasteiger partial charge in [0.2, 0.25) is 0 Å². The Morgan fingerprint density at radius 3 is 2.53 bits per heavy atom. The molecule has 1 aromatic heterocycles. The fraction of sp³-hybridized carbons (Fsp3) is 0.522. The average Bonchev–Trinajstić information content (AvgIpc) is 3.25. The molecule has 1 aliphatic rings. The highest BCUT2D eigenvalue weighted by Gasteiger charge is 2.23. The number of aliphatic hydroxyl groups is 1. The molecule has 1 fully saturated rings. The van der Waals surface area contributed by atoms with E-state index in [4.69, 9.17) is 0 Å². The molecule has 1 aromatic carbocycles. The number of piperidine rings is 1. The summed E-state index contributed by atoms with van der Waals surface area (Å²) in [5, 5.41) is 19.7. The number of nitrogens with zero attached hydrogens (tertiary/aromatic N) is 2. The van der Waals surface area contributed by atoms with Crippen LogP contribution in [0.15, 0.2) is 52.8 Å². The van der Waals surface area contributed by atoms with Gasteiger partial charge in [0.15, 0.2) is 5.96 Å². The van der Waals surface area contributed by atoms with Crippen molar-refractivity contribution in [1.82, 2.24) is 15.5 Å². The predicted molar refractivity (Wildman–Crippen MR) is 138 cm³/mol. The van der Waals surface area contributed by atoms with E-state index in [1.54, 1.807) is 0 Å². The number of hydrogen-bond donors (Lipinski definition) is 3. The molecule has 3 rings (SSSR count). The van der Waals surface area contributed by atoms with Gasteiger partial charge in [0, 0.05) is 24.5 Å². The molecule has 0 amide bonds. The zero-order valence-corrected chi connectivity index (χ0v) is 21.2. The Bertz CT molecular complexity index is 744. The molecule has 1 aliphatic heterocycles. The van der Waals surface area contributed by atoms with Crippen LogP contribution in [0.4, 0.5) is 0 Å². The minimum Gasteiger partial charge on any atom is -0.384 e. The van der Waals surface area contributed by atoms with Crippen LogP contribution in [0.2, 0.25) is 0 Å². The van der Waals surface area contributed by atoms with E-state index in [0.717, 1.165) is 44.2 Å². The SMILES string of the molecule is CCNC(=NCC(C)(O)c1ccccc1)NCC1CCN(Cc2cccs2)CC1.I. The minimum absolute atomic E-state index is 0. The maximum atomic E-state index is 10.8. The van der Waals surface area contributed by atoms with Gasteiger partial charge in [-0.3, -0.25) is 4.90 Å². The van der Waals surface area contributed by atoms with E-state index in [2.05, 4.69) is 45.0 Å². The van der Waals surface area contributed by atoms with Gasteiger partial charge in [0.1, 0.15) is 5.60 Å². The second kappa shape index (κ2) is 12.6. The number of halogens is 1. The molecule has 166 valence electrons. The third kappa shape index (κ3) is 7.83. The molecule has 0 aliphatic carbocycles. The van der Waals surface area contributed by atoms with Gasteiger partial charge in [-0.25, -0.2) is 4.99 Å². The molecular weight excluding hydrogens is 507 g/mol. The van der Waals surface area contributed by atoms with Gasteiger partial charge < -0.3 is 15.7 Å². The molecule has 0 saturated carbocycles. The number of guanidine groups is 1. The van der Waals surface area contributed by atoms with Gasteiger partial charge in [-0.15, -0.1) is 35.3 Å². The summed E-state index contributed by atoms with van der Waals surface area (Å²) in [6.07, 6.45) is 2.42. The number of rotatable bonds is 8. The Labute approximate surface area is 202 Å². The van der Waals surface area contributed by atoms with Crippen molar-refractivity contribution in [3.05, 3.63) is 58.3 Å². The van der Waals surface area contributed by atoms with Gasteiger partial charge in [-0.1, -0.05) is 36.4 Å². The third-order valence-corrected chi connectivity index (χ3v) is 6.37. The predicted octanol–water partition coefficient (Wildman–Crippen LogP) is 4.04. The lowest BCUT2D eigenvalue weighted by atomic mass is 9.96. The summed E-state index contributed by atoms with van der Waals surface area (Å²) in [5.74, 6) is 1.44. The standard InChI is InChI=1S/C23H34N4OS.HI/c1-3-24-22(26-18-23(2,28)20-8-5-4-6-9-20)25-16-19-11-13-27(14-12-19)17-21-10-7-15-29-21;/h4-10,15,19,28H,3,11-14,16-18H2,1-2H3,(H2,24,25,26);1H. The highest BCUT2D eigenvalue weighted by molar-refractivity contribution is 14.0. The summed E-state index contributed by atoms with van der Waals surface area (Å²) < 4.78 is 0. The van der Waals surface area contributed by atoms with Crippen molar-refractivity contribution >= 4 is 41.3 Å². The van der Waals surface area contributed by atoms with Crippen LogP contribution in [-0.2, 0) is 12.1 Å². The first-order valence-electron chi connectivity index (χ1n) is 10.6. The van der Waals surface area contributed by atoms with E-state index < -0.39 is 5.60 Å². The summed E-state index contributed by atoms with van der Waals surface area (Å²) in [6, 6.07) is 14.1. The molecule has 0 bridgehead atoms. The van der Waals surface area contributed by atoms with Gasteiger partial charge in [0.25, 0.3) is 0 Å². The summed E-state index contributed by atoms with van der Waals surface area (Å²) in [4.78, 5) is 8.65. The van der Waals surface area contributed by atoms with Crippen molar-refractivity contribution in [2.75, 3.05) is 32.7 Å².